The highest BCUT2D eigenvalue weighted by Gasteiger charge is 1.97. The minimum Gasteiger partial charge on any atom is -0.385 e. The number of unbranched alkanes of at least 4 members (excludes halogenated alkanes) is 23. The van der Waals surface area contributed by atoms with E-state index >= 15 is 0 Å². The lowest BCUT2D eigenvalue weighted by Crippen LogP contribution is -2.01. The summed E-state index contributed by atoms with van der Waals surface area (Å²) in [6.07, 6.45) is 40.0. The Kier molecular flexibility index (Phi) is 23.2. The van der Waals surface area contributed by atoms with Gasteiger partial charge in [0.15, 0.2) is 0 Å². The fraction of sp³-hybridized carbons (Fsp3) is 0.765. The molecule has 0 radical (unpaired) electrons. The molecule has 35 heavy (non-hydrogen) atoms. The molecule has 1 aromatic rings. The van der Waals surface area contributed by atoms with E-state index < -0.39 is 0 Å². The molecule has 1 heteroatoms. The van der Waals surface area contributed by atoms with Crippen LogP contribution in [-0.4, -0.2) is 6.54 Å². The van der Waals surface area contributed by atoms with Gasteiger partial charge in [0.2, 0.25) is 0 Å². The van der Waals surface area contributed by atoms with E-state index in [-0.39, 0.29) is 0 Å². The Labute approximate surface area is 220 Å². The van der Waals surface area contributed by atoms with Gasteiger partial charge in [-0.3, -0.25) is 0 Å². The van der Waals surface area contributed by atoms with Crippen molar-refractivity contribution in [2.24, 2.45) is 0 Å². The van der Waals surface area contributed by atoms with Crippen LogP contribution in [0.4, 0.5) is 5.69 Å². The second-order valence-corrected chi connectivity index (χ2v) is 10.8. The van der Waals surface area contributed by atoms with E-state index in [1.165, 1.54) is 160 Å². The van der Waals surface area contributed by atoms with Crippen molar-refractivity contribution in [2.75, 3.05) is 11.9 Å². The summed E-state index contributed by atoms with van der Waals surface area (Å²) >= 11 is 0. The molecule has 0 amide bonds. The van der Waals surface area contributed by atoms with Gasteiger partial charge < -0.3 is 5.32 Å². The number of hydrogen-bond donors (Lipinski definition) is 1. The van der Waals surface area contributed by atoms with Crippen molar-refractivity contribution in [3.63, 3.8) is 0 Å². The minimum absolute atomic E-state index is 0.949. The maximum atomic E-state index is 5.40. The highest BCUT2D eigenvalue weighted by Crippen LogP contribution is 2.16. The minimum atomic E-state index is 0.949. The second kappa shape index (κ2) is 25.7. The highest BCUT2D eigenvalue weighted by atomic mass is 14.9. The first-order chi connectivity index (χ1) is 17.4. The zero-order valence-electron chi connectivity index (χ0n) is 23.6. The quantitative estimate of drug-likeness (QED) is 0.102. The van der Waals surface area contributed by atoms with E-state index in [9.17, 15) is 0 Å². The summed E-state index contributed by atoms with van der Waals surface area (Å²) in [4.78, 5) is 0. The molecule has 1 nitrogen and oxygen atoms in total. The Morgan fingerprint density at radius 3 is 1.11 bits per heavy atom. The van der Waals surface area contributed by atoms with Crippen molar-refractivity contribution in [1.29, 1.82) is 0 Å². The molecule has 0 unspecified atom stereocenters. The smallest absolute Gasteiger partial charge is 0.0341 e. The summed E-state index contributed by atoms with van der Waals surface area (Å²) < 4.78 is 0. The molecule has 0 fully saturated rings. The van der Waals surface area contributed by atoms with Crippen LogP contribution >= 0.6 is 0 Å². The Balaban J connectivity index is 1.68. The first kappa shape index (κ1) is 31.6. The fourth-order valence-electron chi connectivity index (χ4n) is 5.00. The van der Waals surface area contributed by atoms with Crippen molar-refractivity contribution in [3.05, 3.63) is 29.8 Å². The number of benzene rings is 1. The average Bonchev–Trinajstić information content (AvgIpc) is 2.89. The lowest BCUT2D eigenvalue weighted by molar-refractivity contribution is 0.517. The highest BCUT2D eigenvalue weighted by molar-refractivity contribution is 5.47. The molecule has 1 aromatic carbocycles. The summed E-state index contributed by atoms with van der Waals surface area (Å²) in [5.74, 6) is 2.66. The zero-order valence-corrected chi connectivity index (χ0v) is 23.6. The van der Waals surface area contributed by atoms with Crippen molar-refractivity contribution >= 4 is 5.69 Å². The van der Waals surface area contributed by atoms with Gasteiger partial charge in [-0.1, -0.05) is 161 Å². The van der Waals surface area contributed by atoms with Crippen LogP contribution in [0.25, 0.3) is 0 Å². The molecular formula is C34H59N. The van der Waals surface area contributed by atoms with Gasteiger partial charge in [0.1, 0.15) is 0 Å². The van der Waals surface area contributed by atoms with E-state index in [2.05, 4.69) is 30.3 Å². The van der Waals surface area contributed by atoms with Crippen LogP contribution in [0.2, 0.25) is 0 Å². The number of nitrogens with one attached hydrogen (secondary N) is 1. The van der Waals surface area contributed by atoms with Gasteiger partial charge in [0.25, 0.3) is 0 Å². The molecule has 0 saturated carbocycles. The predicted octanol–water partition coefficient (Wildman–Crippen LogP) is 11.5. The van der Waals surface area contributed by atoms with E-state index in [0.717, 1.165) is 12.1 Å². The maximum absolute atomic E-state index is 5.40. The Morgan fingerprint density at radius 2 is 0.800 bits per heavy atom. The number of rotatable bonds is 26. The zero-order chi connectivity index (χ0) is 25.1. The topological polar surface area (TPSA) is 12.0 Å². The molecule has 1 rings (SSSR count). The maximum Gasteiger partial charge on any atom is 0.0341 e. The monoisotopic (exact) mass is 481 g/mol. The van der Waals surface area contributed by atoms with E-state index in [4.69, 9.17) is 6.42 Å². The van der Waals surface area contributed by atoms with Crippen LogP contribution in [0.5, 0.6) is 0 Å². The third-order valence-corrected chi connectivity index (χ3v) is 7.41. The molecule has 0 bridgehead atoms. The summed E-state index contributed by atoms with van der Waals surface area (Å²) in [6, 6.07) is 8.16. The molecule has 0 aliphatic rings. The predicted molar refractivity (Wildman–Crippen MR) is 159 cm³/mol. The first-order valence-electron chi connectivity index (χ1n) is 15.7. The van der Waals surface area contributed by atoms with Gasteiger partial charge in [-0.25, -0.2) is 0 Å². The van der Waals surface area contributed by atoms with Gasteiger partial charge in [-0.2, -0.15) is 0 Å². The van der Waals surface area contributed by atoms with Gasteiger partial charge in [-0.15, -0.1) is 6.42 Å². The van der Waals surface area contributed by atoms with Gasteiger partial charge in [-0.05, 0) is 30.7 Å². The van der Waals surface area contributed by atoms with Crippen LogP contribution in [0, 0.1) is 12.3 Å². The molecule has 0 aromatic heterocycles. The largest absolute Gasteiger partial charge is 0.385 e. The third-order valence-electron chi connectivity index (χ3n) is 7.41. The van der Waals surface area contributed by atoms with E-state index in [1.807, 2.05) is 12.1 Å². The second-order valence-electron chi connectivity index (χ2n) is 10.8. The SMILES string of the molecule is C#Cc1ccc(NCCCCCCCCCCCCCCCCCCCCCCCCCC)cc1. The van der Waals surface area contributed by atoms with Gasteiger partial charge in [0.05, 0.1) is 0 Å². The molecule has 0 atom stereocenters. The average molecular weight is 482 g/mol. The van der Waals surface area contributed by atoms with Crippen molar-refractivity contribution in [1.82, 2.24) is 0 Å². The van der Waals surface area contributed by atoms with Crippen molar-refractivity contribution < 1.29 is 0 Å². The standard InChI is InChI=1S/C34H59N/c1-3-5-6-7-8-9-10-11-12-13-14-15-16-17-18-19-20-21-22-23-24-25-26-27-32-35-34-30-28-33(4-2)29-31-34/h2,28-31,35H,3,5-27,32H2,1H3. The summed E-state index contributed by atoms with van der Waals surface area (Å²) in [5, 5.41) is 3.49. The summed E-state index contributed by atoms with van der Waals surface area (Å²) in [5.41, 5.74) is 2.13. The Bertz CT molecular complexity index is 582. The molecule has 0 aliphatic carbocycles. The normalized spacial score (nSPS) is 11.0. The molecule has 0 aliphatic heterocycles. The number of anilines is 1. The van der Waals surface area contributed by atoms with Crippen molar-refractivity contribution in [2.45, 2.75) is 161 Å². The fourth-order valence-corrected chi connectivity index (χ4v) is 5.00. The molecule has 1 N–H and O–H groups in total. The molecule has 0 heterocycles. The Morgan fingerprint density at radius 1 is 0.486 bits per heavy atom. The first-order valence-corrected chi connectivity index (χ1v) is 15.7. The summed E-state index contributed by atoms with van der Waals surface area (Å²) in [6.45, 7) is 3.37. The lowest BCUT2D eigenvalue weighted by atomic mass is 10.0. The van der Waals surface area contributed by atoms with Crippen LogP contribution < -0.4 is 5.32 Å². The third kappa shape index (κ3) is 21.6. The molecule has 0 spiro atoms. The van der Waals surface area contributed by atoms with E-state index in [1.54, 1.807) is 0 Å². The summed E-state index contributed by atoms with van der Waals surface area (Å²) in [7, 11) is 0. The van der Waals surface area contributed by atoms with Crippen molar-refractivity contribution in [3.8, 4) is 12.3 Å². The van der Waals surface area contributed by atoms with Crippen LogP contribution in [0.3, 0.4) is 0 Å². The Hall–Kier alpha value is -1.42. The number of hydrogen-bond acceptors (Lipinski definition) is 1. The lowest BCUT2D eigenvalue weighted by Gasteiger charge is -2.06. The van der Waals surface area contributed by atoms with Gasteiger partial charge >= 0.3 is 0 Å². The molecule has 200 valence electrons. The van der Waals surface area contributed by atoms with Crippen LogP contribution in [-0.2, 0) is 0 Å². The number of terminal acetylenes is 1. The molecular weight excluding hydrogens is 422 g/mol. The van der Waals surface area contributed by atoms with E-state index in [0.29, 0.717) is 0 Å². The van der Waals surface area contributed by atoms with Crippen LogP contribution in [0.1, 0.15) is 167 Å². The van der Waals surface area contributed by atoms with Gasteiger partial charge in [0, 0.05) is 17.8 Å². The molecule has 0 saturated heterocycles. The van der Waals surface area contributed by atoms with Crippen LogP contribution in [0.15, 0.2) is 24.3 Å².